The lowest BCUT2D eigenvalue weighted by Crippen LogP contribution is -2.41. The molecule has 1 atom stereocenters. The summed E-state index contributed by atoms with van der Waals surface area (Å²) in [5.41, 5.74) is 1.37. The second kappa shape index (κ2) is 13.6. The van der Waals surface area contributed by atoms with Gasteiger partial charge in [0.2, 0.25) is 0 Å². The van der Waals surface area contributed by atoms with Crippen LogP contribution in [0.3, 0.4) is 0 Å². The van der Waals surface area contributed by atoms with Gasteiger partial charge in [-0.25, -0.2) is 0 Å². The zero-order chi connectivity index (χ0) is 19.4. The van der Waals surface area contributed by atoms with Gasteiger partial charge in [0.25, 0.3) is 0 Å². The van der Waals surface area contributed by atoms with E-state index in [0.717, 1.165) is 50.9 Å². The van der Waals surface area contributed by atoms with Gasteiger partial charge in [-0.15, -0.1) is 24.0 Å². The number of nitrogens with zero attached hydrogens (tertiary/aromatic N) is 2. The van der Waals surface area contributed by atoms with Crippen LogP contribution in [0.1, 0.15) is 24.2 Å². The molecule has 0 amide bonds. The molecule has 29 heavy (non-hydrogen) atoms. The molecular weight excluding hydrogens is 479 g/mol. The zero-order valence-corrected chi connectivity index (χ0v) is 19.5. The third kappa shape index (κ3) is 8.36. The minimum atomic E-state index is 0. The molecular formula is C22H33IN4O2. The molecule has 2 N–H and O–H groups in total. The highest BCUT2D eigenvalue weighted by Crippen LogP contribution is 2.20. The van der Waals surface area contributed by atoms with Gasteiger partial charge in [-0.3, -0.25) is 9.89 Å². The summed E-state index contributed by atoms with van der Waals surface area (Å²) in [5, 5.41) is 6.76. The molecule has 1 unspecified atom stereocenters. The van der Waals surface area contributed by atoms with Crippen molar-refractivity contribution in [3.8, 4) is 0 Å². The maximum Gasteiger partial charge on any atom is 0.191 e. The van der Waals surface area contributed by atoms with Crippen molar-refractivity contribution in [2.45, 2.75) is 31.8 Å². The molecule has 6 nitrogen and oxygen atoms in total. The van der Waals surface area contributed by atoms with Crippen molar-refractivity contribution in [3.05, 3.63) is 60.1 Å². The largest absolute Gasteiger partial charge is 0.469 e. The fourth-order valence-corrected chi connectivity index (χ4v) is 3.53. The number of furan rings is 1. The Bertz CT molecular complexity index is 694. The SMILES string of the molecule is COCCNC(=NCC1CCCN1Cc1ccccc1)NCCc1ccco1.I. The van der Waals surface area contributed by atoms with Crippen LogP contribution < -0.4 is 10.6 Å². The van der Waals surface area contributed by atoms with E-state index in [9.17, 15) is 0 Å². The number of halogens is 1. The second-order valence-electron chi connectivity index (χ2n) is 7.12. The van der Waals surface area contributed by atoms with Crippen LogP contribution in [0.4, 0.5) is 0 Å². The zero-order valence-electron chi connectivity index (χ0n) is 17.2. The highest BCUT2D eigenvalue weighted by Gasteiger charge is 2.24. The number of ether oxygens (including phenoxy) is 1. The van der Waals surface area contributed by atoms with Crippen LogP contribution in [0.15, 0.2) is 58.1 Å². The predicted octanol–water partition coefficient (Wildman–Crippen LogP) is 3.29. The van der Waals surface area contributed by atoms with Gasteiger partial charge in [-0.1, -0.05) is 30.3 Å². The fraction of sp³-hybridized carbons (Fsp3) is 0.500. The first-order valence-electron chi connectivity index (χ1n) is 10.2. The molecule has 0 saturated carbocycles. The normalized spacial score (nSPS) is 17.1. The van der Waals surface area contributed by atoms with Crippen molar-refractivity contribution in [1.82, 2.24) is 15.5 Å². The average molecular weight is 512 g/mol. The molecule has 160 valence electrons. The van der Waals surface area contributed by atoms with Crippen molar-refractivity contribution in [2.24, 2.45) is 4.99 Å². The van der Waals surface area contributed by atoms with Gasteiger partial charge in [-0.2, -0.15) is 0 Å². The fourth-order valence-electron chi connectivity index (χ4n) is 3.53. The van der Waals surface area contributed by atoms with Gasteiger partial charge < -0.3 is 19.8 Å². The van der Waals surface area contributed by atoms with Crippen LogP contribution in [-0.2, 0) is 17.7 Å². The molecule has 1 fully saturated rings. The first kappa shape index (κ1) is 23.7. The van der Waals surface area contributed by atoms with Crippen LogP contribution in [0.25, 0.3) is 0 Å². The van der Waals surface area contributed by atoms with Gasteiger partial charge in [0, 0.05) is 39.2 Å². The summed E-state index contributed by atoms with van der Waals surface area (Å²) in [6.45, 7) is 5.12. The molecule has 0 spiro atoms. The van der Waals surface area contributed by atoms with Crippen LogP contribution in [0.2, 0.25) is 0 Å². The highest BCUT2D eigenvalue weighted by atomic mass is 127. The van der Waals surface area contributed by atoms with E-state index in [1.807, 2.05) is 12.1 Å². The molecule has 0 radical (unpaired) electrons. The number of benzene rings is 1. The summed E-state index contributed by atoms with van der Waals surface area (Å²) in [7, 11) is 1.71. The van der Waals surface area contributed by atoms with E-state index in [1.165, 1.54) is 18.4 Å². The van der Waals surface area contributed by atoms with Crippen LogP contribution in [-0.4, -0.2) is 56.8 Å². The molecule has 3 rings (SSSR count). The lowest BCUT2D eigenvalue weighted by Gasteiger charge is -2.23. The molecule has 2 aromatic rings. The Labute approximate surface area is 191 Å². The molecule has 0 bridgehead atoms. The Morgan fingerprint density at radius 2 is 2.00 bits per heavy atom. The minimum Gasteiger partial charge on any atom is -0.469 e. The third-order valence-corrected chi connectivity index (χ3v) is 5.03. The number of methoxy groups -OCH3 is 1. The van der Waals surface area contributed by atoms with E-state index >= 15 is 0 Å². The van der Waals surface area contributed by atoms with E-state index < -0.39 is 0 Å². The van der Waals surface area contributed by atoms with Gasteiger partial charge in [0.1, 0.15) is 5.76 Å². The number of guanidine groups is 1. The molecule has 1 aromatic carbocycles. The van der Waals surface area contributed by atoms with E-state index in [-0.39, 0.29) is 24.0 Å². The summed E-state index contributed by atoms with van der Waals surface area (Å²) in [6, 6.07) is 15.1. The quantitative estimate of drug-likeness (QED) is 0.222. The maximum atomic E-state index is 5.40. The summed E-state index contributed by atoms with van der Waals surface area (Å²) in [5.74, 6) is 1.82. The molecule has 2 heterocycles. The summed E-state index contributed by atoms with van der Waals surface area (Å²) in [6.07, 6.45) is 4.99. The number of aliphatic imine (C=N–C) groups is 1. The number of nitrogens with one attached hydrogen (secondary N) is 2. The maximum absolute atomic E-state index is 5.40. The molecule has 1 aliphatic heterocycles. The lowest BCUT2D eigenvalue weighted by molar-refractivity contribution is 0.203. The summed E-state index contributed by atoms with van der Waals surface area (Å²) < 4.78 is 10.5. The predicted molar refractivity (Wildman–Crippen MR) is 128 cm³/mol. The third-order valence-electron chi connectivity index (χ3n) is 5.03. The lowest BCUT2D eigenvalue weighted by atomic mass is 10.2. The molecule has 1 saturated heterocycles. The van der Waals surface area contributed by atoms with Crippen LogP contribution in [0, 0.1) is 0 Å². The summed E-state index contributed by atoms with van der Waals surface area (Å²) >= 11 is 0. The molecule has 7 heteroatoms. The molecule has 1 aromatic heterocycles. The Balaban J connectivity index is 0.00000300. The van der Waals surface area contributed by atoms with E-state index in [1.54, 1.807) is 13.4 Å². The Hall–Kier alpha value is -1.58. The van der Waals surface area contributed by atoms with Crippen molar-refractivity contribution in [3.63, 3.8) is 0 Å². The van der Waals surface area contributed by atoms with Gasteiger partial charge in [-0.05, 0) is 37.1 Å². The Kier molecular flexibility index (Phi) is 11.1. The first-order chi connectivity index (χ1) is 13.8. The standard InChI is InChI=1S/C22H32N4O2.HI/c1-27-16-13-24-22(23-12-11-21-10-6-15-28-21)25-17-20-9-5-14-26(20)18-19-7-3-2-4-8-19;/h2-4,6-8,10,15,20H,5,9,11-14,16-18H2,1H3,(H2,23,24,25);1H. The van der Waals surface area contributed by atoms with Crippen molar-refractivity contribution >= 4 is 29.9 Å². The Morgan fingerprint density at radius 1 is 1.17 bits per heavy atom. The second-order valence-corrected chi connectivity index (χ2v) is 7.12. The van der Waals surface area contributed by atoms with Crippen LogP contribution in [0.5, 0.6) is 0 Å². The number of hydrogen-bond acceptors (Lipinski definition) is 4. The van der Waals surface area contributed by atoms with Gasteiger partial charge in [0.05, 0.1) is 19.4 Å². The van der Waals surface area contributed by atoms with E-state index in [0.29, 0.717) is 12.6 Å². The summed E-state index contributed by atoms with van der Waals surface area (Å²) in [4.78, 5) is 7.40. The average Bonchev–Trinajstić information content (AvgIpc) is 3.39. The Morgan fingerprint density at radius 3 is 2.76 bits per heavy atom. The van der Waals surface area contributed by atoms with E-state index in [4.69, 9.17) is 14.1 Å². The smallest absolute Gasteiger partial charge is 0.191 e. The van der Waals surface area contributed by atoms with Crippen molar-refractivity contribution in [2.75, 3.05) is 39.9 Å². The number of rotatable bonds is 10. The minimum absolute atomic E-state index is 0. The van der Waals surface area contributed by atoms with Crippen LogP contribution >= 0.6 is 24.0 Å². The van der Waals surface area contributed by atoms with Gasteiger partial charge in [0.15, 0.2) is 5.96 Å². The first-order valence-corrected chi connectivity index (χ1v) is 10.2. The monoisotopic (exact) mass is 512 g/mol. The topological polar surface area (TPSA) is 62.0 Å². The van der Waals surface area contributed by atoms with Crippen molar-refractivity contribution in [1.29, 1.82) is 0 Å². The van der Waals surface area contributed by atoms with E-state index in [2.05, 4.69) is 45.9 Å². The molecule has 1 aliphatic rings. The van der Waals surface area contributed by atoms with Gasteiger partial charge >= 0.3 is 0 Å². The highest BCUT2D eigenvalue weighted by molar-refractivity contribution is 14.0. The number of likely N-dealkylation sites (tertiary alicyclic amines) is 1. The molecule has 0 aliphatic carbocycles. The number of hydrogen-bond donors (Lipinski definition) is 2. The van der Waals surface area contributed by atoms with Crippen molar-refractivity contribution < 1.29 is 9.15 Å².